The second kappa shape index (κ2) is 5.27. The second-order valence-electron chi connectivity index (χ2n) is 5.08. The Kier molecular flexibility index (Phi) is 4.04. The maximum atomic E-state index is 6.47. The normalized spacial score (nSPS) is 14.4. The van der Waals surface area contributed by atoms with Gasteiger partial charge >= 0.3 is 0 Å². The Bertz CT molecular complexity index is 605. The second-order valence-corrected chi connectivity index (χ2v) is 6.36. The van der Waals surface area contributed by atoms with Crippen LogP contribution in [0.15, 0.2) is 28.7 Å². The highest BCUT2D eigenvalue weighted by atomic mass is 79.9. The molecular weight excluding hydrogens is 326 g/mol. The summed E-state index contributed by atoms with van der Waals surface area (Å²) in [6.07, 6.45) is 0.655. The first-order valence-corrected chi connectivity index (χ1v) is 7.21. The van der Waals surface area contributed by atoms with Crippen molar-refractivity contribution in [1.82, 2.24) is 9.78 Å². The first-order valence-electron chi connectivity index (χ1n) is 6.04. The molecule has 0 saturated carbocycles. The van der Waals surface area contributed by atoms with Crippen LogP contribution >= 0.6 is 27.5 Å². The van der Waals surface area contributed by atoms with Gasteiger partial charge in [0.25, 0.3) is 0 Å². The predicted molar refractivity (Wildman–Crippen MR) is 82.3 cm³/mol. The van der Waals surface area contributed by atoms with Crippen molar-refractivity contribution < 1.29 is 0 Å². The van der Waals surface area contributed by atoms with E-state index in [1.54, 1.807) is 4.68 Å². The molecule has 1 atom stereocenters. The number of aryl methyl sites for hydroxylation is 2. The van der Waals surface area contributed by atoms with Crippen LogP contribution in [0.3, 0.4) is 0 Å². The lowest BCUT2D eigenvalue weighted by atomic mass is 9.87. The Hall–Kier alpha value is -0.840. The summed E-state index contributed by atoms with van der Waals surface area (Å²) in [5.74, 6) is 0. The smallest absolute Gasteiger partial charge is 0.130 e. The van der Waals surface area contributed by atoms with E-state index in [2.05, 4.69) is 21.0 Å². The van der Waals surface area contributed by atoms with E-state index in [0.717, 1.165) is 21.3 Å². The van der Waals surface area contributed by atoms with Gasteiger partial charge < -0.3 is 5.73 Å². The fourth-order valence-electron chi connectivity index (χ4n) is 2.19. The molecule has 0 aliphatic carbocycles. The van der Waals surface area contributed by atoms with Gasteiger partial charge in [-0.3, -0.25) is 4.68 Å². The average molecular weight is 343 g/mol. The van der Waals surface area contributed by atoms with Crippen LogP contribution in [-0.4, -0.2) is 9.78 Å². The van der Waals surface area contributed by atoms with Crippen molar-refractivity contribution in [3.8, 4) is 0 Å². The number of hydrogen-bond donors (Lipinski definition) is 1. The van der Waals surface area contributed by atoms with Crippen molar-refractivity contribution in [3.63, 3.8) is 0 Å². The van der Waals surface area contributed by atoms with E-state index >= 15 is 0 Å². The summed E-state index contributed by atoms with van der Waals surface area (Å²) in [6, 6.07) is 8.05. The molecule has 0 fully saturated rings. The fourth-order valence-corrected chi connectivity index (χ4v) is 2.83. The van der Waals surface area contributed by atoms with Crippen LogP contribution in [0.2, 0.25) is 5.15 Å². The lowest BCUT2D eigenvalue weighted by Crippen LogP contribution is -2.35. The Labute approximate surface area is 126 Å². The van der Waals surface area contributed by atoms with Crippen molar-refractivity contribution in [2.45, 2.75) is 25.8 Å². The monoisotopic (exact) mass is 341 g/mol. The van der Waals surface area contributed by atoms with Gasteiger partial charge in [0.2, 0.25) is 0 Å². The number of benzene rings is 1. The van der Waals surface area contributed by atoms with Crippen LogP contribution in [0.25, 0.3) is 0 Å². The van der Waals surface area contributed by atoms with Crippen molar-refractivity contribution in [2.75, 3.05) is 0 Å². The lowest BCUT2D eigenvalue weighted by Gasteiger charge is -2.25. The van der Waals surface area contributed by atoms with Gasteiger partial charge in [0.1, 0.15) is 5.15 Å². The van der Waals surface area contributed by atoms with E-state index in [0.29, 0.717) is 11.6 Å². The van der Waals surface area contributed by atoms with E-state index < -0.39 is 5.54 Å². The molecule has 0 radical (unpaired) electrons. The van der Waals surface area contributed by atoms with Crippen molar-refractivity contribution >= 4 is 27.5 Å². The first kappa shape index (κ1) is 14.6. The first-order chi connectivity index (χ1) is 8.81. The minimum Gasteiger partial charge on any atom is -0.321 e. The molecule has 1 unspecified atom stereocenters. The minimum absolute atomic E-state index is 0.485. The highest BCUT2D eigenvalue weighted by molar-refractivity contribution is 9.10. The highest BCUT2D eigenvalue weighted by Gasteiger charge is 2.25. The summed E-state index contributed by atoms with van der Waals surface area (Å²) in [4.78, 5) is 0. The van der Waals surface area contributed by atoms with Gasteiger partial charge in [0.05, 0.1) is 5.69 Å². The molecule has 0 spiro atoms. The molecule has 19 heavy (non-hydrogen) atoms. The molecule has 1 aromatic carbocycles. The predicted octanol–water partition coefficient (Wildman–Crippen LogP) is 3.56. The molecule has 5 heteroatoms. The van der Waals surface area contributed by atoms with E-state index in [-0.39, 0.29) is 0 Å². The molecule has 1 aromatic heterocycles. The van der Waals surface area contributed by atoms with Crippen molar-refractivity contribution in [3.05, 3.63) is 50.7 Å². The van der Waals surface area contributed by atoms with Crippen LogP contribution in [0, 0.1) is 6.92 Å². The molecule has 3 nitrogen and oxygen atoms in total. The summed E-state index contributed by atoms with van der Waals surface area (Å²) in [5, 5.41) is 4.98. The van der Waals surface area contributed by atoms with Crippen LogP contribution in [0.5, 0.6) is 0 Å². The van der Waals surface area contributed by atoms with Gasteiger partial charge in [-0.05, 0) is 38.0 Å². The Morgan fingerprint density at radius 1 is 1.47 bits per heavy atom. The molecule has 102 valence electrons. The van der Waals surface area contributed by atoms with Crippen molar-refractivity contribution in [2.24, 2.45) is 12.8 Å². The van der Waals surface area contributed by atoms with Gasteiger partial charge in [-0.25, -0.2) is 0 Å². The molecule has 0 amide bonds. The molecule has 1 heterocycles. The van der Waals surface area contributed by atoms with Gasteiger partial charge in [-0.2, -0.15) is 5.10 Å². The van der Waals surface area contributed by atoms with Crippen LogP contribution in [0.1, 0.15) is 23.7 Å². The average Bonchev–Trinajstić information content (AvgIpc) is 2.56. The Morgan fingerprint density at radius 3 is 2.68 bits per heavy atom. The van der Waals surface area contributed by atoms with Gasteiger partial charge in [0, 0.05) is 22.6 Å². The molecule has 0 aliphatic rings. The summed E-state index contributed by atoms with van der Waals surface area (Å²) in [7, 11) is 1.84. The van der Waals surface area contributed by atoms with E-state index in [4.69, 9.17) is 17.3 Å². The lowest BCUT2D eigenvalue weighted by molar-refractivity contribution is 0.490. The zero-order chi connectivity index (χ0) is 14.2. The maximum absolute atomic E-state index is 6.47. The van der Waals surface area contributed by atoms with E-state index in [1.807, 2.05) is 45.2 Å². The summed E-state index contributed by atoms with van der Waals surface area (Å²) in [6.45, 7) is 3.97. The Balaban J connectivity index is 2.36. The summed E-state index contributed by atoms with van der Waals surface area (Å²) in [5.41, 5.74) is 8.99. The maximum Gasteiger partial charge on any atom is 0.130 e. The molecule has 0 bridgehead atoms. The van der Waals surface area contributed by atoms with Crippen LogP contribution < -0.4 is 5.73 Å². The zero-order valence-electron chi connectivity index (χ0n) is 11.2. The van der Waals surface area contributed by atoms with E-state index in [1.165, 1.54) is 0 Å². The largest absolute Gasteiger partial charge is 0.321 e. The SMILES string of the molecule is Cc1nn(C)c(Cl)c1CC(C)(N)c1cccc(Br)c1. The third-order valence-electron chi connectivity index (χ3n) is 3.30. The van der Waals surface area contributed by atoms with Gasteiger partial charge in [0.15, 0.2) is 0 Å². The summed E-state index contributed by atoms with van der Waals surface area (Å²) < 4.78 is 2.71. The molecular formula is C14H17BrClN3. The molecule has 0 saturated heterocycles. The molecule has 2 rings (SSSR count). The number of nitrogens with zero attached hydrogens (tertiary/aromatic N) is 2. The number of halogens is 2. The quantitative estimate of drug-likeness (QED) is 0.927. The fraction of sp³-hybridized carbons (Fsp3) is 0.357. The zero-order valence-corrected chi connectivity index (χ0v) is 13.6. The number of nitrogens with two attached hydrogens (primary N) is 1. The van der Waals surface area contributed by atoms with Crippen molar-refractivity contribution in [1.29, 1.82) is 0 Å². The summed E-state index contributed by atoms with van der Waals surface area (Å²) >= 11 is 9.75. The standard InChI is InChI=1S/C14H17BrClN3/c1-9-12(13(16)19(3)18-9)8-14(2,17)10-5-4-6-11(15)7-10/h4-7H,8,17H2,1-3H3. The molecule has 0 aliphatic heterocycles. The number of aromatic nitrogens is 2. The highest BCUT2D eigenvalue weighted by Crippen LogP contribution is 2.29. The third-order valence-corrected chi connectivity index (χ3v) is 4.26. The van der Waals surface area contributed by atoms with Crippen LogP contribution in [-0.2, 0) is 19.0 Å². The molecule has 2 N–H and O–H groups in total. The van der Waals surface area contributed by atoms with E-state index in [9.17, 15) is 0 Å². The topological polar surface area (TPSA) is 43.8 Å². The third kappa shape index (κ3) is 3.02. The van der Waals surface area contributed by atoms with Crippen LogP contribution in [0.4, 0.5) is 0 Å². The molecule has 2 aromatic rings. The minimum atomic E-state index is -0.485. The number of hydrogen-bond acceptors (Lipinski definition) is 2. The van der Waals surface area contributed by atoms with Gasteiger partial charge in [-0.15, -0.1) is 0 Å². The van der Waals surface area contributed by atoms with Gasteiger partial charge in [-0.1, -0.05) is 39.7 Å². The Morgan fingerprint density at radius 2 is 2.16 bits per heavy atom. The number of rotatable bonds is 3.